The number of hydrogen-bond acceptors (Lipinski definition) is 6. The molecule has 0 unspecified atom stereocenters. The topological polar surface area (TPSA) is 86.4 Å². The van der Waals surface area contributed by atoms with E-state index < -0.39 is 0 Å². The molecule has 2 N–H and O–H groups in total. The van der Waals surface area contributed by atoms with E-state index in [1.54, 1.807) is 13.3 Å². The Kier molecular flexibility index (Phi) is 9.77. The number of pyridine rings is 1. The number of benzene rings is 2. The van der Waals surface area contributed by atoms with Crippen LogP contribution < -0.4 is 15.0 Å². The lowest BCUT2D eigenvalue weighted by Crippen LogP contribution is -2.48. The van der Waals surface area contributed by atoms with E-state index in [0.29, 0.717) is 18.6 Å². The monoisotopic (exact) mass is 580 g/mol. The number of hydrogen-bond donors (Lipinski definition) is 2. The number of anilines is 1. The van der Waals surface area contributed by atoms with Gasteiger partial charge in [-0.3, -0.25) is 14.9 Å². The van der Waals surface area contributed by atoms with Gasteiger partial charge in [0, 0.05) is 73.7 Å². The van der Waals surface area contributed by atoms with Crippen LogP contribution >= 0.6 is 0 Å². The van der Waals surface area contributed by atoms with Gasteiger partial charge in [-0.2, -0.15) is 5.10 Å². The number of aromatic nitrogens is 3. The highest BCUT2D eigenvalue weighted by atomic mass is 16.5. The first-order valence-electron chi connectivity index (χ1n) is 15.3. The molecule has 1 aliphatic heterocycles. The van der Waals surface area contributed by atoms with Gasteiger partial charge in [0.15, 0.2) is 0 Å². The first kappa shape index (κ1) is 30.3. The van der Waals surface area contributed by atoms with Crippen LogP contribution in [0.25, 0.3) is 11.3 Å². The van der Waals surface area contributed by atoms with Gasteiger partial charge in [-0.1, -0.05) is 0 Å². The second kappa shape index (κ2) is 13.9. The average molecular weight is 581 g/mol. The second-order valence-corrected chi connectivity index (χ2v) is 11.7. The number of carbonyl (C=O) groups excluding carboxylic acids is 1. The number of carbonyl (C=O) groups is 1. The molecule has 3 heterocycles. The van der Waals surface area contributed by atoms with Crippen LogP contribution in [0.2, 0.25) is 0 Å². The Morgan fingerprint density at radius 1 is 1.05 bits per heavy atom. The van der Waals surface area contributed by atoms with Gasteiger partial charge in [0.2, 0.25) is 0 Å². The van der Waals surface area contributed by atoms with Gasteiger partial charge in [0.25, 0.3) is 5.91 Å². The van der Waals surface area contributed by atoms with Crippen molar-refractivity contribution in [1.29, 1.82) is 0 Å². The molecular weight excluding hydrogens is 536 g/mol. The summed E-state index contributed by atoms with van der Waals surface area (Å²) in [6.07, 6.45) is 8.68. The van der Waals surface area contributed by atoms with E-state index >= 15 is 0 Å². The Bertz CT molecular complexity index is 1470. The van der Waals surface area contributed by atoms with Gasteiger partial charge in [-0.05, 0) is 118 Å². The van der Waals surface area contributed by atoms with Crippen molar-refractivity contribution in [2.45, 2.75) is 65.6 Å². The van der Waals surface area contributed by atoms with E-state index in [4.69, 9.17) is 4.74 Å². The standard InChI is InChI=1S/C35H44N6O2/c1-24-10-15-36-22-29(24)23-41(30-6-8-32(43-5)9-7-30)31-13-18-40(19-14-31)27(4)11-16-37-35(42)34-25(2)20-28(21-26(34)3)33-12-17-38-39-33/h6-10,12,15,17,20-22,27,31H,11,13-14,16,18-19,23H2,1-5H3,(H,37,42)(H,38,39)/t27-/m1/s1. The Balaban J connectivity index is 1.16. The van der Waals surface area contributed by atoms with Crippen LogP contribution in [0.5, 0.6) is 5.75 Å². The molecule has 0 spiro atoms. The summed E-state index contributed by atoms with van der Waals surface area (Å²) in [4.78, 5) is 22.6. The van der Waals surface area contributed by atoms with Crippen molar-refractivity contribution in [3.63, 3.8) is 0 Å². The molecular formula is C35H44N6O2. The first-order chi connectivity index (χ1) is 20.8. The molecule has 2 aromatic carbocycles. The molecule has 1 atom stereocenters. The molecule has 226 valence electrons. The fourth-order valence-electron chi connectivity index (χ4n) is 6.25. The van der Waals surface area contributed by atoms with Gasteiger partial charge < -0.3 is 19.9 Å². The largest absolute Gasteiger partial charge is 0.497 e. The molecule has 1 saturated heterocycles. The van der Waals surface area contributed by atoms with E-state index in [2.05, 4.69) is 62.3 Å². The number of nitrogens with one attached hydrogen (secondary N) is 2. The van der Waals surface area contributed by atoms with Gasteiger partial charge >= 0.3 is 0 Å². The van der Waals surface area contributed by atoms with Crippen molar-refractivity contribution in [3.8, 4) is 17.0 Å². The minimum Gasteiger partial charge on any atom is -0.497 e. The van der Waals surface area contributed by atoms with Crippen LogP contribution in [0.15, 0.2) is 67.1 Å². The van der Waals surface area contributed by atoms with Crippen molar-refractivity contribution in [2.75, 3.05) is 31.6 Å². The van der Waals surface area contributed by atoms with E-state index in [1.807, 2.05) is 56.6 Å². The number of methoxy groups -OCH3 is 1. The van der Waals surface area contributed by atoms with Crippen molar-refractivity contribution in [1.82, 2.24) is 25.4 Å². The molecule has 0 saturated carbocycles. The Labute approximate surface area is 255 Å². The van der Waals surface area contributed by atoms with E-state index in [-0.39, 0.29) is 5.91 Å². The smallest absolute Gasteiger partial charge is 0.251 e. The minimum atomic E-state index is -0.00195. The average Bonchev–Trinajstić information content (AvgIpc) is 3.56. The second-order valence-electron chi connectivity index (χ2n) is 11.7. The summed E-state index contributed by atoms with van der Waals surface area (Å²) in [7, 11) is 1.70. The summed E-state index contributed by atoms with van der Waals surface area (Å²) >= 11 is 0. The lowest BCUT2D eigenvalue weighted by atomic mass is 9.97. The highest BCUT2D eigenvalue weighted by Gasteiger charge is 2.28. The Morgan fingerprint density at radius 2 is 1.77 bits per heavy atom. The van der Waals surface area contributed by atoms with Crippen molar-refractivity contribution in [2.24, 2.45) is 0 Å². The fraction of sp³-hybridized carbons (Fsp3) is 0.400. The lowest BCUT2D eigenvalue weighted by Gasteiger charge is -2.42. The minimum absolute atomic E-state index is 0.00195. The number of rotatable bonds is 11. The summed E-state index contributed by atoms with van der Waals surface area (Å²) in [5.74, 6) is 0.867. The number of piperidine rings is 1. The van der Waals surface area contributed by atoms with Crippen LogP contribution in [-0.2, 0) is 6.54 Å². The number of amides is 1. The third kappa shape index (κ3) is 7.25. The Hall–Kier alpha value is -4.17. The quantitative estimate of drug-likeness (QED) is 0.224. The fourth-order valence-corrected chi connectivity index (χ4v) is 6.25. The normalized spacial score (nSPS) is 14.8. The molecule has 0 aliphatic carbocycles. The third-order valence-electron chi connectivity index (χ3n) is 8.87. The third-order valence-corrected chi connectivity index (χ3v) is 8.87. The zero-order chi connectivity index (χ0) is 30.3. The zero-order valence-corrected chi connectivity index (χ0v) is 26.1. The molecule has 0 bridgehead atoms. The zero-order valence-electron chi connectivity index (χ0n) is 26.1. The maximum atomic E-state index is 13.1. The van der Waals surface area contributed by atoms with Gasteiger partial charge in [0.1, 0.15) is 5.75 Å². The van der Waals surface area contributed by atoms with Gasteiger partial charge in [0.05, 0.1) is 12.8 Å². The molecule has 1 fully saturated rings. The van der Waals surface area contributed by atoms with E-state index in [0.717, 1.165) is 72.6 Å². The number of H-pyrrole nitrogens is 1. The molecule has 5 rings (SSSR count). The van der Waals surface area contributed by atoms with Crippen LogP contribution in [0.3, 0.4) is 0 Å². The summed E-state index contributed by atoms with van der Waals surface area (Å²) in [6.45, 7) is 12.0. The summed E-state index contributed by atoms with van der Waals surface area (Å²) < 4.78 is 5.41. The summed E-state index contributed by atoms with van der Waals surface area (Å²) in [5.41, 5.74) is 8.44. The van der Waals surface area contributed by atoms with Gasteiger partial charge in [-0.15, -0.1) is 0 Å². The van der Waals surface area contributed by atoms with E-state index in [1.165, 1.54) is 16.8 Å². The van der Waals surface area contributed by atoms with Crippen LogP contribution in [0.1, 0.15) is 58.8 Å². The van der Waals surface area contributed by atoms with Crippen molar-refractivity contribution in [3.05, 3.63) is 94.9 Å². The predicted octanol–water partition coefficient (Wildman–Crippen LogP) is 6.09. The first-order valence-corrected chi connectivity index (χ1v) is 15.3. The van der Waals surface area contributed by atoms with Gasteiger partial charge in [-0.25, -0.2) is 0 Å². The molecule has 1 aliphatic rings. The lowest BCUT2D eigenvalue weighted by molar-refractivity contribution is 0.0944. The summed E-state index contributed by atoms with van der Waals surface area (Å²) in [6, 6.07) is 17.4. The number of ether oxygens (including phenoxy) is 1. The highest BCUT2D eigenvalue weighted by molar-refractivity contribution is 5.97. The number of likely N-dealkylation sites (tertiary alicyclic amines) is 1. The predicted molar refractivity (Wildman–Crippen MR) is 173 cm³/mol. The maximum absolute atomic E-state index is 13.1. The van der Waals surface area contributed by atoms with Crippen molar-refractivity contribution >= 4 is 11.6 Å². The Morgan fingerprint density at radius 3 is 2.40 bits per heavy atom. The molecule has 1 amide bonds. The maximum Gasteiger partial charge on any atom is 0.251 e. The van der Waals surface area contributed by atoms with Crippen LogP contribution in [-0.4, -0.2) is 64.8 Å². The molecule has 0 radical (unpaired) electrons. The van der Waals surface area contributed by atoms with Crippen LogP contribution in [0.4, 0.5) is 5.69 Å². The molecule has 4 aromatic rings. The number of nitrogens with zero attached hydrogens (tertiary/aromatic N) is 4. The number of aryl methyl sites for hydroxylation is 3. The van der Waals surface area contributed by atoms with Crippen LogP contribution in [0, 0.1) is 20.8 Å². The molecule has 2 aromatic heterocycles. The molecule has 43 heavy (non-hydrogen) atoms. The van der Waals surface area contributed by atoms with E-state index in [9.17, 15) is 4.79 Å². The molecule has 8 heteroatoms. The number of aromatic amines is 1. The summed E-state index contributed by atoms with van der Waals surface area (Å²) in [5, 5.41) is 10.2. The molecule has 8 nitrogen and oxygen atoms in total. The highest BCUT2D eigenvalue weighted by Crippen LogP contribution is 2.29. The van der Waals surface area contributed by atoms with Crippen molar-refractivity contribution < 1.29 is 9.53 Å². The SMILES string of the molecule is COc1ccc(N(Cc2cnccc2C)C2CCN([C@H](C)CCNC(=O)c3c(C)cc(-c4ccn[nH]4)cc3C)CC2)cc1.